The molecule has 0 aliphatic rings. The van der Waals surface area contributed by atoms with E-state index in [1.807, 2.05) is 91.0 Å². The predicted octanol–water partition coefficient (Wildman–Crippen LogP) is 14.5. The molecular formula is C50H30O2. The van der Waals surface area contributed by atoms with E-state index in [4.69, 9.17) is 21.2 Å². The highest BCUT2D eigenvalue weighted by molar-refractivity contribution is 6.29. The smallest absolute Gasteiger partial charge is 0.147 e. The molecule has 0 radical (unpaired) electrons. The van der Waals surface area contributed by atoms with E-state index in [0.29, 0.717) is 38.6 Å². The molecule has 0 saturated carbocycles. The number of rotatable bonds is 4. The highest BCUT2D eigenvalue weighted by atomic mass is 16.3. The number of para-hydroxylation sites is 1. The molecule has 0 unspecified atom stereocenters. The van der Waals surface area contributed by atoms with Gasteiger partial charge in [0.2, 0.25) is 0 Å². The Morgan fingerprint density at radius 2 is 0.962 bits per heavy atom. The van der Waals surface area contributed by atoms with Crippen LogP contribution in [0.4, 0.5) is 0 Å². The van der Waals surface area contributed by atoms with Crippen molar-refractivity contribution in [3.05, 3.63) is 182 Å². The van der Waals surface area contributed by atoms with E-state index < -0.39 is 84.1 Å². The van der Waals surface area contributed by atoms with Gasteiger partial charge in [-0.1, -0.05) is 163 Å². The highest BCUT2D eigenvalue weighted by Crippen LogP contribution is 2.52. The van der Waals surface area contributed by atoms with Gasteiger partial charge in [-0.15, -0.1) is 0 Å². The molecular weight excluding hydrogens is 633 g/mol. The summed E-state index contributed by atoms with van der Waals surface area (Å²) in [5, 5.41) is 2.63. The summed E-state index contributed by atoms with van der Waals surface area (Å²) in [6.45, 7) is 0. The second kappa shape index (κ2) is 11.3. The van der Waals surface area contributed by atoms with E-state index >= 15 is 0 Å². The highest BCUT2D eigenvalue weighted by Gasteiger charge is 2.28. The van der Waals surface area contributed by atoms with Crippen LogP contribution in [0.2, 0.25) is 0 Å². The Balaban J connectivity index is 1.47. The van der Waals surface area contributed by atoms with Crippen molar-refractivity contribution >= 4 is 65.2 Å². The number of hydrogen-bond donors (Lipinski definition) is 0. The van der Waals surface area contributed by atoms with Crippen LogP contribution in [0.1, 0.15) is 17.8 Å². The van der Waals surface area contributed by atoms with Gasteiger partial charge >= 0.3 is 0 Å². The molecule has 0 fully saturated rings. The second-order valence-electron chi connectivity index (χ2n) is 12.6. The molecule has 0 amide bonds. The summed E-state index contributed by atoms with van der Waals surface area (Å²) in [7, 11) is 0. The third-order valence-corrected chi connectivity index (χ3v) is 9.77. The zero-order valence-electron chi connectivity index (χ0n) is 40.1. The van der Waals surface area contributed by atoms with Crippen molar-refractivity contribution in [3.8, 4) is 44.7 Å². The summed E-state index contributed by atoms with van der Waals surface area (Å²) in [5.41, 5.74) is 2.16. The van der Waals surface area contributed by atoms with Crippen LogP contribution in [0.5, 0.6) is 0 Å². The van der Waals surface area contributed by atoms with E-state index in [0.717, 1.165) is 16.3 Å². The second-order valence-corrected chi connectivity index (χ2v) is 12.6. The molecule has 0 atom stereocenters. The van der Waals surface area contributed by atoms with Crippen molar-refractivity contribution in [1.82, 2.24) is 0 Å². The summed E-state index contributed by atoms with van der Waals surface area (Å²) in [6.07, 6.45) is 0. The molecule has 2 heteroatoms. The van der Waals surface area contributed by atoms with Crippen LogP contribution in [-0.2, 0) is 0 Å². The minimum atomic E-state index is -0.743. The summed E-state index contributed by atoms with van der Waals surface area (Å²) in [6, 6.07) is 23.7. The lowest BCUT2D eigenvalue weighted by atomic mass is 9.85. The third kappa shape index (κ3) is 4.25. The zero-order chi connectivity index (χ0) is 45.5. The first-order valence-electron chi connectivity index (χ1n) is 23.2. The molecule has 0 saturated heterocycles. The Hall–Kier alpha value is -6.90. The fraction of sp³-hybridized carbons (Fsp3) is 0. The first-order valence-corrected chi connectivity index (χ1v) is 16.7. The Morgan fingerprint density at radius 3 is 1.71 bits per heavy atom. The molecule has 0 N–H and O–H groups in total. The van der Waals surface area contributed by atoms with Crippen LogP contribution in [0, 0.1) is 0 Å². The van der Waals surface area contributed by atoms with E-state index in [-0.39, 0.29) is 49.4 Å². The Morgan fingerprint density at radius 1 is 0.346 bits per heavy atom. The van der Waals surface area contributed by atoms with Crippen LogP contribution in [0.25, 0.3) is 110 Å². The van der Waals surface area contributed by atoms with Crippen molar-refractivity contribution in [2.75, 3.05) is 0 Å². The number of benzene rings is 9. The molecule has 242 valence electrons. The maximum atomic E-state index is 9.67. The molecule has 0 spiro atoms. The number of hydrogen-bond acceptors (Lipinski definition) is 2. The lowest BCUT2D eigenvalue weighted by Gasteiger charge is -2.18. The zero-order valence-corrected chi connectivity index (χ0v) is 27.1. The van der Waals surface area contributed by atoms with Crippen LogP contribution in [0.15, 0.2) is 191 Å². The van der Waals surface area contributed by atoms with E-state index in [1.54, 1.807) is 12.1 Å². The van der Waals surface area contributed by atoms with Crippen molar-refractivity contribution in [3.63, 3.8) is 0 Å². The molecule has 2 heterocycles. The Bertz CT molecular complexity index is 3820. The van der Waals surface area contributed by atoms with Crippen molar-refractivity contribution in [2.24, 2.45) is 0 Å². The van der Waals surface area contributed by atoms with Gasteiger partial charge in [0.15, 0.2) is 0 Å². The minimum absolute atomic E-state index is 0.0850. The monoisotopic (exact) mass is 675 g/mol. The maximum absolute atomic E-state index is 9.67. The van der Waals surface area contributed by atoms with Gasteiger partial charge in [0.1, 0.15) is 22.5 Å². The maximum Gasteiger partial charge on any atom is 0.147 e. The van der Waals surface area contributed by atoms with Gasteiger partial charge in [-0.2, -0.15) is 0 Å². The van der Waals surface area contributed by atoms with Crippen LogP contribution in [-0.4, -0.2) is 0 Å². The Labute approximate surface area is 318 Å². The SMILES string of the molecule is [2H]c1c([2H])c([2H])c(-c2c3c([2H])c([2H])c([2H])c([2H])c3c(-c3c4oc(-c5ccc6ccccc6c5)c(-c5ccccc5)c4cc4c3oc3ccccc34)c3c([2H])c([2H])c([2H])c([2H])c23)c([2H])c1[2H]. The van der Waals surface area contributed by atoms with Gasteiger partial charge in [0, 0.05) is 32.8 Å². The standard InChI is InChI=1S/C50H30O2/c1-3-16-32(17-4-1)44-37-22-9-11-24-39(37)46(40-25-12-10-23-38(40)44)47-49-41(36-21-13-14-26-43(36)51-49)30-42-45(33-18-5-2-6-19-33)48(52-50(42)47)35-28-27-31-15-7-8-20-34(31)29-35/h1-30H/i1D,3D,4D,9D,10D,11D,12D,16D,17D,22D,23D,24D,25D. The van der Waals surface area contributed by atoms with Gasteiger partial charge in [0.05, 0.1) is 23.4 Å². The lowest BCUT2D eigenvalue weighted by Crippen LogP contribution is -1.91. The first-order chi connectivity index (χ1) is 31.2. The topological polar surface area (TPSA) is 26.3 Å². The van der Waals surface area contributed by atoms with Gasteiger partial charge in [-0.3, -0.25) is 0 Å². The molecule has 0 bridgehead atoms. The van der Waals surface area contributed by atoms with Crippen LogP contribution >= 0.6 is 0 Å². The molecule has 52 heavy (non-hydrogen) atoms. The Kier molecular flexibility index (Phi) is 4.11. The summed E-state index contributed by atoms with van der Waals surface area (Å²) >= 11 is 0. The molecule has 0 aliphatic carbocycles. The molecule has 2 aromatic heterocycles. The van der Waals surface area contributed by atoms with E-state index in [1.165, 1.54) is 0 Å². The van der Waals surface area contributed by atoms with Gasteiger partial charge in [-0.05, 0) is 67.2 Å². The fourth-order valence-electron chi connectivity index (χ4n) is 7.56. The number of furan rings is 2. The summed E-state index contributed by atoms with van der Waals surface area (Å²) in [4.78, 5) is 0. The van der Waals surface area contributed by atoms with Gasteiger partial charge in [-0.25, -0.2) is 0 Å². The lowest BCUT2D eigenvalue weighted by molar-refractivity contribution is 0.630. The van der Waals surface area contributed by atoms with Crippen molar-refractivity contribution < 1.29 is 26.7 Å². The molecule has 11 aromatic rings. The first kappa shape index (κ1) is 18.9. The van der Waals surface area contributed by atoms with E-state index in [9.17, 15) is 5.48 Å². The molecule has 0 aliphatic heterocycles. The number of fused-ring (bicyclic) bond motifs is 7. The average Bonchev–Trinajstić information content (AvgIpc) is 3.90. The third-order valence-electron chi connectivity index (χ3n) is 9.77. The normalized spacial score (nSPS) is 15.3. The molecule has 11 rings (SSSR count). The van der Waals surface area contributed by atoms with Gasteiger partial charge in [0.25, 0.3) is 0 Å². The summed E-state index contributed by atoms with van der Waals surface area (Å²) in [5.74, 6) is 0.448. The predicted molar refractivity (Wildman–Crippen MR) is 218 cm³/mol. The van der Waals surface area contributed by atoms with Gasteiger partial charge < -0.3 is 8.83 Å². The fourth-order valence-corrected chi connectivity index (χ4v) is 7.56. The van der Waals surface area contributed by atoms with E-state index in [2.05, 4.69) is 0 Å². The molecule has 2 nitrogen and oxygen atoms in total. The molecule has 9 aromatic carbocycles. The van der Waals surface area contributed by atoms with Crippen LogP contribution < -0.4 is 0 Å². The van der Waals surface area contributed by atoms with Crippen molar-refractivity contribution in [2.45, 2.75) is 0 Å². The van der Waals surface area contributed by atoms with Crippen LogP contribution in [0.3, 0.4) is 0 Å². The minimum Gasteiger partial charge on any atom is -0.455 e. The quantitative estimate of drug-likeness (QED) is 0.174. The largest absolute Gasteiger partial charge is 0.455 e. The average molecular weight is 676 g/mol. The van der Waals surface area contributed by atoms with Crippen molar-refractivity contribution in [1.29, 1.82) is 0 Å². The summed E-state index contributed by atoms with van der Waals surface area (Å²) < 4.78 is 132.